The van der Waals surface area contributed by atoms with E-state index in [1.807, 2.05) is 10.9 Å². The molecule has 0 bridgehead atoms. The van der Waals surface area contributed by atoms with Crippen molar-refractivity contribution in [3.63, 3.8) is 0 Å². The van der Waals surface area contributed by atoms with E-state index in [1.165, 1.54) is 4.88 Å². The predicted octanol–water partition coefficient (Wildman–Crippen LogP) is 2.89. The maximum absolute atomic E-state index is 4.57. The van der Waals surface area contributed by atoms with E-state index < -0.39 is 0 Å². The number of nitrogens with zero attached hydrogens (tertiary/aromatic N) is 3. The second kappa shape index (κ2) is 5.43. The molecule has 2 heterocycles. The van der Waals surface area contributed by atoms with Crippen molar-refractivity contribution in [2.75, 3.05) is 0 Å². The van der Waals surface area contributed by atoms with Gasteiger partial charge in [-0.05, 0) is 40.7 Å². The fourth-order valence-electron chi connectivity index (χ4n) is 1.69. The Labute approximate surface area is 118 Å². The Balaban J connectivity index is 1.97. The first-order valence-corrected chi connectivity index (χ1v) is 7.35. The minimum absolute atomic E-state index is 0.118. The van der Waals surface area contributed by atoms with Gasteiger partial charge in [0, 0.05) is 23.2 Å². The van der Waals surface area contributed by atoms with Gasteiger partial charge in [0.25, 0.3) is 0 Å². The molecule has 0 fully saturated rings. The summed E-state index contributed by atoms with van der Waals surface area (Å²) in [5.74, 6) is 0. The van der Waals surface area contributed by atoms with Crippen molar-refractivity contribution < 1.29 is 0 Å². The van der Waals surface area contributed by atoms with E-state index in [2.05, 4.69) is 56.1 Å². The number of hydrogen-bond acceptors (Lipinski definition) is 4. The van der Waals surface area contributed by atoms with Gasteiger partial charge in [-0.25, -0.2) is 4.98 Å². The van der Waals surface area contributed by atoms with Crippen LogP contribution in [0.25, 0.3) is 0 Å². The highest BCUT2D eigenvalue weighted by atomic mass is 32.1. The molecule has 19 heavy (non-hydrogen) atoms. The summed E-state index contributed by atoms with van der Waals surface area (Å²) in [6.45, 7) is 12.2. The molecule has 0 aliphatic rings. The third-order valence-corrected chi connectivity index (χ3v) is 3.92. The van der Waals surface area contributed by atoms with Gasteiger partial charge in [-0.2, -0.15) is 5.10 Å². The van der Waals surface area contributed by atoms with Gasteiger partial charge in [0.1, 0.15) is 5.01 Å². The number of aryl methyl sites for hydroxylation is 2. The van der Waals surface area contributed by atoms with E-state index in [0.717, 1.165) is 29.5 Å². The maximum Gasteiger partial charge on any atom is 0.115 e. The molecule has 0 radical (unpaired) electrons. The summed E-state index contributed by atoms with van der Waals surface area (Å²) in [6.07, 6.45) is 2.02. The van der Waals surface area contributed by atoms with Crippen molar-refractivity contribution in [3.8, 4) is 0 Å². The Morgan fingerprint density at radius 3 is 2.63 bits per heavy atom. The second-order valence-electron chi connectivity index (χ2n) is 5.86. The van der Waals surface area contributed by atoms with Crippen molar-refractivity contribution >= 4 is 11.3 Å². The van der Waals surface area contributed by atoms with Crippen LogP contribution in [0.5, 0.6) is 0 Å². The van der Waals surface area contributed by atoms with Gasteiger partial charge in [0.2, 0.25) is 0 Å². The molecule has 0 aliphatic heterocycles. The molecule has 0 saturated carbocycles. The van der Waals surface area contributed by atoms with Crippen molar-refractivity contribution in [3.05, 3.63) is 33.5 Å². The molecule has 2 aromatic rings. The lowest BCUT2D eigenvalue weighted by molar-refractivity contribution is 0.419. The largest absolute Gasteiger partial charge is 0.306 e. The lowest BCUT2D eigenvalue weighted by Gasteiger charge is -2.19. The maximum atomic E-state index is 4.57. The molecule has 0 unspecified atom stereocenters. The Morgan fingerprint density at radius 2 is 2.05 bits per heavy atom. The molecule has 0 spiro atoms. The van der Waals surface area contributed by atoms with Crippen molar-refractivity contribution in [2.24, 2.45) is 0 Å². The molecule has 1 N–H and O–H groups in total. The Bertz CT molecular complexity index is 529. The molecule has 0 aromatic carbocycles. The zero-order valence-corrected chi connectivity index (χ0v) is 13.1. The molecule has 0 aliphatic carbocycles. The summed E-state index contributed by atoms with van der Waals surface area (Å²) in [5.41, 5.74) is 2.31. The SMILES string of the molecule is Cc1nc(Cn2ccc(CNC(C)(C)C)n2)sc1C. The first-order chi connectivity index (χ1) is 8.83. The molecule has 5 heteroatoms. The Hall–Kier alpha value is -1.20. The standard InChI is InChI=1S/C14H22N4S/c1-10-11(2)19-13(16-10)9-18-7-6-12(17-18)8-15-14(3,4)5/h6-7,15H,8-9H2,1-5H3. The monoisotopic (exact) mass is 278 g/mol. The van der Waals surface area contributed by atoms with E-state index in [9.17, 15) is 0 Å². The smallest absolute Gasteiger partial charge is 0.115 e. The van der Waals surface area contributed by atoms with Crippen LogP contribution >= 0.6 is 11.3 Å². The van der Waals surface area contributed by atoms with E-state index in [4.69, 9.17) is 0 Å². The number of hydrogen-bond donors (Lipinski definition) is 1. The average Bonchev–Trinajstić information content (AvgIpc) is 2.84. The van der Waals surface area contributed by atoms with Gasteiger partial charge in [-0.15, -0.1) is 11.3 Å². The van der Waals surface area contributed by atoms with Crippen LogP contribution < -0.4 is 5.32 Å². The Kier molecular flexibility index (Phi) is 4.06. The minimum atomic E-state index is 0.118. The summed E-state index contributed by atoms with van der Waals surface area (Å²) in [5, 5.41) is 9.13. The van der Waals surface area contributed by atoms with Crippen molar-refractivity contribution in [1.82, 2.24) is 20.1 Å². The predicted molar refractivity (Wildman–Crippen MR) is 79.5 cm³/mol. The first-order valence-electron chi connectivity index (χ1n) is 6.54. The summed E-state index contributed by atoms with van der Waals surface area (Å²) in [7, 11) is 0. The lowest BCUT2D eigenvalue weighted by atomic mass is 10.1. The van der Waals surface area contributed by atoms with E-state index in [1.54, 1.807) is 11.3 Å². The van der Waals surface area contributed by atoms with Crippen LogP contribution in [0.3, 0.4) is 0 Å². The van der Waals surface area contributed by atoms with E-state index in [-0.39, 0.29) is 5.54 Å². The van der Waals surface area contributed by atoms with Crippen LogP contribution in [0.15, 0.2) is 12.3 Å². The molecular formula is C14H22N4S. The topological polar surface area (TPSA) is 42.7 Å². The zero-order valence-electron chi connectivity index (χ0n) is 12.3. The van der Waals surface area contributed by atoms with Crippen LogP contribution in [-0.4, -0.2) is 20.3 Å². The fourth-order valence-corrected chi connectivity index (χ4v) is 2.61. The van der Waals surface area contributed by atoms with Crippen LogP contribution in [0, 0.1) is 13.8 Å². The first kappa shape index (κ1) is 14.2. The molecular weight excluding hydrogens is 256 g/mol. The van der Waals surface area contributed by atoms with Crippen molar-refractivity contribution in [1.29, 1.82) is 0 Å². The summed E-state index contributed by atoms with van der Waals surface area (Å²) in [4.78, 5) is 5.83. The minimum Gasteiger partial charge on any atom is -0.306 e. The van der Waals surface area contributed by atoms with Crippen LogP contribution in [-0.2, 0) is 13.1 Å². The van der Waals surface area contributed by atoms with E-state index in [0.29, 0.717) is 0 Å². The summed E-state index contributed by atoms with van der Waals surface area (Å²) in [6, 6.07) is 2.06. The third-order valence-electron chi connectivity index (χ3n) is 2.87. The van der Waals surface area contributed by atoms with Crippen molar-refractivity contribution in [2.45, 2.75) is 53.2 Å². The summed E-state index contributed by atoms with van der Waals surface area (Å²) >= 11 is 1.75. The van der Waals surface area contributed by atoms with Gasteiger partial charge in [0.05, 0.1) is 17.9 Å². The van der Waals surface area contributed by atoms with Crippen LogP contribution in [0.4, 0.5) is 0 Å². The number of thiazole rings is 1. The van der Waals surface area contributed by atoms with Crippen LogP contribution in [0.2, 0.25) is 0 Å². The van der Waals surface area contributed by atoms with Gasteiger partial charge in [-0.1, -0.05) is 0 Å². The van der Waals surface area contributed by atoms with Gasteiger partial charge < -0.3 is 5.32 Å². The molecule has 0 saturated heterocycles. The fraction of sp³-hybridized carbons (Fsp3) is 0.571. The molecule has 104 valence electrons. The number of aromatic nitrogens is 3. The Morgan fingerprint density at radius 1 is 1.32 bits per heavy atom. The van der Waals surface area contributed by atoms with Gasteiger partial charge >= 0.3 is 0 Å². The average molecular weight is 278 g/mol. The third kappa shape index (κ3) is 4.14. The second-order valence-corrected chi connectivity index (χ2v) is 7.15. The number of rotatable bonds is 4. The molecule has 0 atom stereocenters. The highest BCUT2D eigenvalue weighted by Crippen LogP contribution is 2.17. The number of nitrogens with one attached hydrogen (secondary N) is 1. The van der Waals surface area contributed by atoms with Crippen LogP contribution in [0.1, 0.15) is 42.0 Å². The molecule has 2 aromatic heterocycles. The highest BCUT2D eigenvalue weighted by Gasteiger charge is 2.10. The van der Waals surface area contributed by atoms with Gasteiger partial charge in [-0.3, -0.25) is 4.68 Å². The molecule has 4 nitrogen and oxygen atoms in total. The quantitative estimate of drug-likeness (QED) is 0.935. The normalized spacial score (nSPS) is 12.1. The lowest BCUT2D eigenvalue weighted by Crippen LogP contribution is -2.35. The van der Waals surface area contributed by atoms with Gasteiger partial charge in [0.15, 0.2) is 0 Å². The van der Waals surface area contributed by atoms with E-state index >= 15 is 0 Å². The summed E-state index contributed by atoms with van der Waals surface area (Å²) < 4.78 is 1.96. The molecule has 0 amide bonds. The zero-order chi connectivity index (χ0) is 14.0. The highest BCUT2D eigenvalue weighted by molar-refractivity contribution is 7.11. The molecule has 2 rings (SSSR count).